The first-order valence-corrected chi connectivity index (χ1v) is 12.0. The smallest absolute Gasteiger partial charge is 0.297 e. The molecule has 0 N–H and O–H groups in total. The highest BCUT2D eigenvalue weighted by molar-refractivity contribution is 7.22. The number of para-hydroxylation sites is 2. The Morgan fingerprint density at radius 3 is 2.63 bits per heavy atom. The van der Waals surface area contributed by atoms with Gasteiger partial charge in [0.05, 0.1) is 21.2 Å². The second-order valence-corrected chi connectivity index (χ2v) is 9.92. The van der Waals surface area contributed by atoms with Gasteiger partial charge in [-0.2, -0.15) is 0 Å². The molecule has 0 aliphatic carbocycles. The predicted octanol–water partition coefficient (Wildman–Crippen LogP) is 4.94. The monoisotopic (exact) mass is 499 g/mol. The van der Waals surface area contributed by atoms with Gasteiger partial charge in [-0.25, -0.2) is 4.98 Å². The van der Waals surface area contributed by atoms with Crippen LogP contribution in [-0.2, 0) is 10.3 Å². The average Bonchev–Trinajstić information content (AvgIpc) is 3.46. The van der Waals surface area contributed by atoms with Crippen molar-refractivity contribution in [3.63, 3.8) is 0 Å². The van der Waals surface area contributed by atoms with Crippen molar-refractivity contribution >= 4 is 66.8 Å². The number of hydrogen-bond acceptors (Lipinski definition) is 6. The van der Waals surface area contributed by atoms with E-state index in [0.717, 1.165) is 4.70 Å². The van der Waals surface area contributed by atoms with Crippen LogP contribution in [0.2, 0.25) is 5.02 Å². The highest BCUT2D eigenvalue weighted by atomic mass is 35.5. The molecule has 1 atom stereocenters. The Labute approximate surface area is 206 Å². The summed E-state index contributed by atoms with van der Waals surface area (Å²) >= 11 is 7.41. The van der Waals surface area contributed by atoms with Gasteiger partial charge in [-0.3, -0.25) is 19.3 Å². The Bertz CT molecular complexity index is 1830. The molecule has 2 aromatic heterocycles. The molecule has 0 saturated heterocycles. The molecule has 7 rings (SSSR count). The van der Waals surface area contributed by atoms with Crippen LogP contribution in [0.4, 0.5) is 10.8 Å². The number of anilines is 2. The Morgan fingerprint density at radius 2 is 1.77 bits per heavy atom. The molecule has 1 unspecified atom stereocenters. The molecule has 1 spiro atoms. The van der Waals surface area contributed by atoms with Crippen molar-refractivity contribution < 1.29 is 14.0 Å². The SMILES string of the molecule is CN1C(=O)C2(c3ccccc31)c1c(oc3ccccc3c1=O)C(=O)N2c1nc2ccc(Cl)cc2s1. The lowest BCUT2D eigenvalue weighted by Crippen LogP contribution is -2.53. The molecule has 3 aromatic carbocycles. The minimum atomic E-state index is -1.74. The number of hydrogen-bond donors (Lipinski definition) is 0. The molecule has 2 aliphatic rings. The summed E-state index contributed by atoms with van der Waals surface area (Å²) < 4.78 is 6.77. The molecule has 2 aliphatic heterocycles. The number of rotatable bonds is 1. The summed E-state index contributed by atoms with van der Waals surface area (Å²) in [6, 6.07) is 19.1. The number of amides is 2. The molecular formula is C26H14ClN3O4S. The third kappa shape index (κ3) is 2.40. The van der Waals surface area contributed by atoms with Gasteiger partial charge in [0.25, 0.3) is 11.8 Å². The Morgan fingerprint density at radius 1 is 1.00 bits per heavy atom. The first kappa shape index (κ1) is 20.4. The van der Waals surface area contributed by atoms with Gasteiger partial charge in [0.1, 0.15) is 5.58 Å². The highest BCUT2D eigenvalue weighted by Crippen LogP contribution is 2.54. The van der Waals surface area contributed by atoms with Crippen LogP contribution in [0.15, 0.2) is 75.9 Å². The van der Waals surface area contributed by atoms with Crippen molar-refractivity contribution in [2.24, 2.45) is 0 Å². The number of carbonyl (C=O) groups excluding carboxylic acids is 2. The van der Waals surface area contributed by atoms with Gasteiger partial charge in [0.2, 0.25) is 5.76 Å². The van der Waals surface area contributed by atoms with Crippen molar-refractivity contribution in [1.29, 1.82) is 0 Å². The number of thiazole rings is 1. The number of nitrogens with zero attached hydrogens (tertiary/aromatic N) is 3. The zero-order valence-electron chi connectivity index (χ0n) is 18.1. The summed E-state index contributed by atoms with van der Waals surface area (Å²) in [6.07, 6.45) is 0. The van der Waals surface area contributed by atoms with E-state index in [1.807, 2.05) is 6.07 Å². The highest BCUT2D eigenvalue weighted by Gasteiger charge is 2.65. The van der Waals surface area contributed by atoms with Gasteiger partial charge in [0, 0.05) is 23.3 Å². The number of fused-ring (bicyclic) bond motifs is 6. The minimum Gasteiger partial charge on any atom is -0.450 e. The fourth-order valence-electron chi connectivity index (χ4n) is 5.20. The van der Waals surface area contributed by atoms with E-state index in [9.17, 15) is 14.4 Å². The summed E-state index contributed by atoms with van der Waals surface area (Å²) in [5, 5.41) is 1.11. The summed E-state index contributed by atoms with van der Waals surface area (Å²) in [7, 11) is 1.64. The van der Waals surface area contributed by atoms with Crippen molar-refractivity contribution in [1.82, 2.24) is 4.98 Å². The first-order valence-electron chi connectivity index (χ1n) is 10.8. The fraction of sp³-hybridized carbons (Fsp3) is 0.0769. The molecule has 170 valence electrons. The summed E-state index contributed by atoms with van der Waals surface area (Å²) in [5.74, 6) is -1.17. The zero-order chi connectivity index (χ0) is 24.1. The van der Waals surface area contributed by atoms with Crippen LogP contribution in [-0.4, -0.2) is 23.8 Å². The molecule has 4 heterocycles. The van der Waals surface area contributed by atoms with E-state index in [1.165, 1.54) is 21.1 Å². The summed E-state index contributed by atoms with van der Waals surface area (Å²) in [4.78, 5) is 49.6. The Balaban J connectivity index is 1.64. The van der Waals surface area contributed by atoms with Gasteiger partial charge >= 0.3 is 0 Å². The molecule has 2 amide bonds. The van der Waals surface area contributed by atoms with Crippen LogP contribution in [0.3, 0.4) is 0 Å². The van der Waals surface area contributed by atoms with E-state index in [4.69, 9.17) is 16.0 Å². The van der Waals surface area contributed by atoms with Gasteiger partial charge < -0.3 is 9.32 Å². The van der Waals surface area contributed by atoms with Crippen LogP contribution < -0.4 is 15.2 Å². The molecule has 9 heteroatoms. The topological polar surface area (TPSA) is 83.7 Å². The number of benzene rings is 3. The molecule has 5 aromatic rings. The number of halogens is 1. The van der Waals surface area contributed by atoms with Gasteiger partial charge in [-0.1, -0.05) is 53.3 Å². The third-order valence-electron chi connectivity index (χ3n) is 6.69. The van der Waals surface area contributed by atoms with E-state index < -0.39 is 22.8 Å². The molecule has 35 heavy (non-hydrogen) atoms. The van der Waals surface area contributed by atoms with Crippen molar-refractivity contribution in [2.45, 2.75) is 5.54 Å². The molecule has 0 radical (unpaired) electrons. The normalized spacial score (nSPS) is 18.8. The lowest BCUT2D eigenvalue weighted by atomic mass is 9.84. The Kier molecular flexibility index (Phi) is 3.94. The number of aromatic nitrogens is 1. The van der Waals surface area contributed by atoms with Gasteiger partial charge in [-0.15, -0.1) is 0 Å². The molecule has 0 fully saturated rings. The molecule has 0 saturated carbocycles. The summed E-state index contributed by atoms with van der Waals surface area (Å²) in [6.45, 7) is 0. The van der Waals surface area contributed by atoms with Crippen molar-refractivity contribution in [3.8, 4) is 0 Å². The average molecular weight is 500 g/mol. The largest absolute Gasteiger partial charge is 0.450 e. The lowest BCUT2D eigenvalue weighted by molar-refractivity contribution is -0.121. The van der Waals surface area contributed by atoms with Crippen molar-refractivity contribution in [3.05, 3.63) is 98.9 Å². The number of likely N-dealkylation sites (N-methyl/N-ethyl adjacent to an activating group) is 1. The minimum absolute atomic E-state index is 0.0142. The Hall–Kier alpha value is -4.01. The second kappa shape index (κ2) is 6.78. The zero-order valence-corrected chi connectivity index (χ0v) is 19.7. The van der Waals surface area contributed by atoms with E-state index in [1.54, 1.807) is 67.7 Å². The van der Waals surface area contributed by atoms with E-state index in [0.29, 0.717) is 27.2 Å². The lowest BCUT2D eigenvalue weighted by Gasteiger charge is -2.31. The van der Waals surface area contributed by atoms with E-state index in [-0.39, 0.29) is 22.0 Å². The van der Waals surface area contributed by atoms with Gasteiger partial charge in [-0.05, 0) is 36.4 Å². The molecular weight excluding hydrogens is 486 g/mol. The quantitative estimate of drug-likeness (QED) is 0.326. The maximum Gasteiger partial charge on any atom is 0.297 e. The van der Waals surface area contributed by atoms with E-state index in [2.05, 4.69) is 4.98 Å². The summed E-state index contributed by atoms with van der Waals surface area (Å²) in [5.41, 5.74) is -0.0883. The first-order chi connectivity index (χ1) is 16.9. The van der Waals surface area contributed by atoms with Crippen LogP contribution in [0.1, 0.15) is 21.7 Å². The van der Waals surface area contributed by atoms with Crippen molar-refractivity contribution in [2.75, 3.05) is 16.8 Å². The third-order valence-corrected chi connectivity index (χ3v) is 7.93. The van der Waals surface area contributed by atoms with Gasteiger partial charge in [0.15, 0.2) is 16.1 Å². The predicted molar refractivity (Wildman–Crippen MR) is 135 cm³/mol. The van der Waals surface area contributed by atoms with Crippen LogP contribution >= 0.6 is 22.9 Å². The molecule has 7 nitrogen and oxygen atoms in total. The van der Waals surface area contributed by atoms with Crippen LogP contribution in [0.5, 0.6) is 0 Å². The van der Waals surface area contributed by atoms with Crippen LogP contribution in [0, 0.1) is 0 Å². The number of carbonyl (C=O) groups is 2. The molecule has 0 bridgehead atoms. The fourth-order valence-corrected chi connectivity index (χ4v) is 6.49. The van der Waals surface area contributed by atoms with Crippen LogP contribution in [0.25, 0.3) is 21.2 Å². The second-order valence-electron chi connectivity index (χ2n) is 8.47. The van der Waals surface area contributed by atoms with E-state index >= 15 is 0 Å². The standard InChI is InChI=1S/C26H14ClN3O4S/c1-29-17-8-4-3-7-15(17)26(24(29)33)20-21(31)14-6-2-5-9-18(14)34-22(20)23(32)30(26)25-28-16-11-10-13(27)12-19(16)35-25/h2-12H,1H3. The maximum atomic E-state index is 14.1. The maximum absolute atomic E-state index is 14.1.